The zero-order chi connectivity index (χ0) is 23.3. The van der Waals surface area contributed by atoms with Crippen molar-refractivity contribution in [3.8, 4) is 11.1 Å². The Balaban J connectivity index is 1.80. The van der Waals surface area contributed by atoms with E-state index in [2.05, 4.69) is 5.32 Å². The number of hydrogen-bond donors (Lipinski definition) is 2. The minimum absolute atomic E-state index is 0.0536. The summed E-state index contributed by atoms with van der Waals surface area (Å²) in [7, 11) is 0. The summed E-state index contributed by atoms with van der Waals surface area (Å²) in [6, 6.07) is 19.2. The predicted octanol–water partition coefficient (Wildman–Crippen LogP) is 6.04. The van der Waals surface area contributed by atoms with Gasteiger partial charge in [-0.25, -0.2) is 0 Å². The Bertz CT molecular complexity index is 1110. The Morgan fingerprint density at radius 3 is 2.16 bits per heavy atom. The molecule has 0 aliphatic rings. The minimum atomic E-state index is -0.943. The minimum Gasteiger partial charge on any atom is -0.481 e. The lowest BCUT2D eigenvalue weighted by molar-refractivity contribution is -0.139. The summed E-state index contributed by atoms with van der Waals surface area (Å²) in [5, 5.41) is 12.4. The molecule has 1 aromatic heterocycles. The second-order valence-electron chi connectivity index (χ2n) is 8.54. The topological polar surface area (TPSA) is 83.5 Å². The molecular formula is C26H27NO4S. The van der Waals surface area contributed by atoms with Crippen LogP contribution >= 0.6 is 11.3 Å². The summed E-state index contributed by atoms with van der Waals surface area (Å²) >= 11 is 1.38. The van der Waals surface area contributed by atoms with E-state index in [4.69, 9.17) is 5.11 Å². The van der Waals surface area contributed by atoms with Gasteiger partial charge < -0.3 is 10.4 Å². The fourth-order valence-electron chi connectivity index (χ4n) is 3.56. The number of aliphatic carboxylic acids is 1. The molecule has 0 spiro atoms. The van der Waals surface area contributed by atoms with Crippen molar-refractivity contribution in [3.05, 3.63) is 76.7 Å². The molecule has 1 heterocycles. The van der Waals surface area contributed by atoms with Crippen LogP contribution in [0.3, 0.4) is 0 Å². The number of hydrogen-bond acceptors (Lipinski definition) is 4. The number of carbonyl (C=O) groups excluding carboxylic acids is 2. The van der Waals surface area contributed by atoms with E-state index in [1.807, 2.05) is 55.5 Å². The van der Waals surface area contributed by atoms with Crippen molar-refractivity contribution in [1.82, 2.24) is 0 Å². The maximum Gasteiger partial charge on any atom is 0.303 e. The maximum atomic E-state index is 13.2. The number of ketones is 1. The lowest BCUT2D eigenvalue weighted by Crippen LogP contribution is -2.25. The van der Waals surface area contributed by atoms with Gasteiger partial charge in [0.25, 0.3) is 0 Å². The molecule has 2 N–H and O–H groups in total. The van der Waals surface area contributed by atoms with Gasteiger partial charge in [0.05, 0.1) is 12.0 Å². The van der Waals surface area contributed by atoms with Crippen LogP contribution in [0.5, 0.6) is 0 Å². The zero-order valence-corrected chi connectivity index (χ0v) is 19.3. The molecule has 5 nitrogen and oxygen atoms in total. The summed E-state index contributed by atoms with van der Waals surface area (Å²) < 4.78 is 0. The van der Waals surface area contributed by atoms with E-state index in [0.29, 0.717) is 16.1 Å². The second-order valence-corrected chi connectivity index (χ2v) is 9.68. The molecule has 0 atom stereocenters. The first-order chi connectivity index (χ1) is 15.2. The normalized spacial score (nSPS) is 11.2. The Labute approximate surface area is 192 Å². The van der Waals surface area contributed by atoms with Crippen LogP contribution in [-0.2, 0) is 16.0 Å². The average molecular weight is 450 g/mol. The second kappa shape index (κ2) is 9.92. The van der Waals surface area contributed by atoms with Gasteiger partial charge in [-0.05, 0) is 29.0 Å². The van der Waals surface area contributed by atoms with Crippen LogP contribution in [0.1, 0.15) is 54.4 Å². The van der Waals surface area contributed by atoms with E-state index < -0.39 is 11.4 Å². The van der Waals surface area contributed by atoms with Crippen molar-refractivity contribution in [1.29, 1.82) is 0 Å². The van der Waals surface area contributed by atoms with Crippen molar-refractivity contribution in [2.24, 2.45) is 5.41 Å². The van der Waals surface area contributed by atoms with Gasteiger partial charge in [-0.2, -0.15) is 0 Å². The van der Waals surface area contributed by atoms with E-state index in [-0.39, 0.29) is 24.5 Å². The maximum absolute atomic E-state index is 13.2. The third-order valence-corrected chi connectivity index (χ3v) is 6.35. The number of anilines is 1. The molecule has 0 bridgehead atoms. The van der Waals surface area contributed by atoms with Crippen LogP contribution in [0, 0.1) is 5.41 Å². The number of carbonyl (C=O) groups is 3. The highest BCUT2D eigenvalue weighted by Crippen LogP contribution is 2.33. The summed E-state index contributed by atoms with van der Waals surface area (Å²) in [6.07, 6.45) is 0.695. The van der Waals surface area contributed by atoms with Crippen molar-refractivity contribution >= 4 is 34.0 Å². The van der Waals surface area contributed by atoms with Gasteiger partial charge in [-0.1, -0.05) is 75.4 Å². The van der Waals surface area contributed by atoms with Crippen LogP contribution in [0.4, 0.5) is 5.00 Å². The van der Waals surface area contributed by atoms with E-state index in [1.165, 1.54) is 11.3 Å². The van der Waals surface area contributed by atoms with Gasteiger partial charge in [-0.3, -0.25) is 14.4 Å². The van der Waals surface area contributed by atoms with Gasteiger partial charge in [0.1, 0.15) is 5.00 Å². The number of benzene rings is 2. The molecule has 0 aliphatic heterocycles. The molecule has 2 aromatic carbocycles. The third-order valence-electron chi connectivity index (χ3n) is 5.15. The molecule has 3 rings (SSSR count). The smallest absolute Gasteiger partial charge is 0.303 e. The Morgan fingerprint density at radius 1 is 0.938 bits per heavy atom. The highest BCUT2D eigenvalue weighted by molar-refractivity contribution is 7.16. The molecule has 0 radical (unpaired) electrons. The number of carboxylic acids is 1. The summed E-state index contributed by atoms with van der Waals surface area (Å²) in [5.41, 5.74) is 2.43. The number of nitrogens with one attached hydrogen (secondary N) is 1. The molecule has 3 aromatic rings. The fourth-order valence-corrected chi connectivity index (χ4v) is 4.57. The summed E-state index contributed by atoms with van der Waals surface area (Å²) in [5.74, 6) is -1.39. The lowest BCUT2D eigenvalue weighted by atomic mass is 9.85. The van der Waals surface area contributed by atoms with Crippen LogP contribution in [-0.4, -0.2) is 22.8 Å². The van der Waals surface area contributed by atoms with Crippen molar-refractivity contribution < 1.29 is 19.5 Å². The monoisotopic (exact) mass is 449 g/mol. The Morgan fingerprint density at radius 2 is 1.56 bits per heavy atom. The molecule has 6 heteroatoms. The molecular weight excluding hydrogens is 422 g/mol. The molecule has 166 valence electrons. The molecule has 0 aliphatic carbocycles. The van der Waals surface area contributed by atoms with E-state index >= 15 is 0 Å². The van der Waals surface area contributed by atoms with Crippen LogP contribution in [0.15, 0.2) is 60.7 Å². The van der Waals surface area contributed by atoms with Gasteiger partial charge in [0, 0.05) is 16.9 Å². The van der Waals surface area contributed by atoms with Crippen molar-refractivity contribution in [2.45, 2.75) is 40.0 Å². The number of carboxylic acid groups (broad SMARTS) is 1. The lowest BCUT2D eigenvalue weighted by Gasteiger charge is -2.21. The Hall–Kier alpha value is -3.25. The third kappa shape index (κ3) is 5.92. The standard InChI is InChI=1S/C26H27NO4S/c1-4-20-14-21(25(32-20)27-22(28)15-26(2,3)16-23(29)30)24(31)19-12-10-18(11-13-19)17-8-6-5-7-9-17/h5-14H,4,15-16H2,1-3H3,(H,27,28)(H,29,30). The molecule has 0 saturated carbocycles. The highest BCUT2D eigenvalue weighted by Gasteiger charge is 2.26. The van der Waals surface area contributed by atoms with Crippen LogP contribution in [0.2, 0.25) is 0 Å². The van der Waals surface area contributed by atoms with Crippen LogP contribution in [0.25, 0.3) is 11.1 Å². The van der Waals surface area contributed by atoms with Crippen molar-refractivity contribution in [2.75, 3.05) is 5.32 Å². The summed E-state index contributed by atoms with van der Waals surface area (Å²) in [4.78, 5) is 37.9. The molecule has 0 unspecified atom stereocenters. The number of aryl methyl sites for hydroxylation is 1. The van der Waals surface area contributed by atoms with Gasteiger partial charge in [0.15, 0.2) is 5.78 Å². The van der Waals surface area contributed by atoms with E-state index in [0.717, 1.165) is 22.4 Å². The quantitative estimate of drug-likeness (QED) is 0.390. The summed E-state index contributed by atoms with van der Waals surface area (Å²) in [6.45, 7) is 5.48. The Kier molecular flexibility index (Phi) is 7.26. The molecule has 32 heavy (non-hydrogen) atoms. The average Bonchev–Trinajstić information content (AvgIpc) is 3.15. The van der Waals surface area contributed by atoms with Gasteiger partial charge >= 0.3 is 5.97 Å². The molecule has 1 amide bonds. The van der Waals surface area contributed by atoms with Gasteiger partial charge in [-0.15, -0.1) is 11.3 Å². The largest absolute Gasteiger partial charge is 0.481 e. The molecule has 0 saturated heterocycles. The van der Waals surface area contributed by atoms with Crippen molar-refractivity contribution in [3.63, 3.8) is 0 Å². The van der Waals surface area contributed by atoms with Gasteiger partial charge in [0.2, 0.25) is 5.91 Å². The SMILES string of the molecule is CCc1cc(C(=O)c2ccc(-c3ccccc3)cc2)c(NC(=O)CC(C)(C)CC(=O)O)s1. The number of thiophene rings is 1. The first-order valence-corrected chi connectivity index (χ1v) is 11.3. The van der Waals surface area contributed by atoms with E-state index in [9.17, 15) is 14.4 Å². The first-order valence-electron chi connectivity index (χ1n) is 10.5. The predicted molar refractivity (Wildman–Crippen MR) is 128 cm³/mol. The highest BCUT2D eigenvalue weighted by atomic mass is 32.1. The first kappa shape index (κ1) is 23.4. The molecule has 0 fully saturated rings. The number of rotatable bonds is 9. The number of amides is 1. The fraction of sp³-hybridized carbons (Fsp3) is 0.269. The van der Waals surface area contributed by atoms with Crippen LogP contribution < -0.4 is 5.32 Å². The zero-order valence-electron chi connectivity index (χ0n) is 18.5. The van der Waals surface area contributed by atoms with E-state index in [1.54, 1.807) is 26.0 Å².